The number of ketones is 1. The summed E-state index contributed by atoms with van der Waals surface area (Å²) >= 11 is 0. The molecule has 2 atom stereocenters. The van der Waals surface area contributed by atoms with E-state index in [1.165, 1.54) is 15.9 Å². The smallest absolute Gasteiger partial charge is 0.332 e. The number of Topliss-reactive ketones (excluding diaryl/α,β-unsaturated/α-hetero) is 1. The van der Waals surface area contributed by atoms with Crippen LogP contribution in [0.5, 0.6) is 0 Å². The lowest BCUT2D eigenvalue weighted by Gasteiger charge is -2.27. The molecule has 0 saturated carbocycles. The zero-order chi connectivity index (χ0) is 20.3. The number of nitrogen functional groups attached to an aromatic ring is 1. The van der Waals surface area contributed by atoms with Crippen LogP contribution in [0, 0.1) is 5.92 Å². The Balaban J connectivity index is 2.00. The number of nitrogens with one attached hydrogen (secondary N) is 1. The van der Waals surface area contributed by atoms with Gasteiger partial charge in [-0.3, -0.25) is 18.7 Å². The van der Waals surface area contributed by atoms with Gasteiger partial charge < -0.3 is 10.6 Å². The Morgan fingerprint density at radius 1 is 1.21 bits per heavy atom. The van der Waals surface area contributed by atoms with E-state index < -0.39 is 11.2 Å². The lowest BCUT2D eigenvalue weighted by Crippen LogP contribution is -3.14. The van der Waals surface area contributed by atoms with Crippen LogP contribution in [0.25, 0.3) is 0 Å². The standard InChI is InChI=1S/C21H28N4O3/c1-3-24-20(27)18(17(26)14-23-11-7-8-15(2)12-23)19(22)25(21(24)28)13-16-9-5-4-6-10-16/h4-6,9-10,15H,3,7-8,11-14,22H2,1-2H3/p+1/t15-/m0/s1. The average Bonchev–Trinajstić information content (AvgIpc) is 2.66. The second-order valence-electron chi connectivity index (χ2n) is 7.72. The molecule has 1 saturated heterocycles. The maximum absolute atomic E-state index is 13.0. The van der Waals surface area contributed by atoms with Gasteiger partial charge in [0.25, 0.3) is 5.56 Å². The first-order chi connectivity index (χ1) is 13.4. The monoisotopic (exact) mass is 385 g/mol. The molecule has 1 aromatic heterocycles. The molecule has 2 aromatic rings. The Morgan fingerprint density at radius 2 is 1.93 bits per heavy atom. The topological polar surface area (TPSA) is 91.5 Å². The molecule has 1 aliphatic heterocycles. The third-order valence-electron chi connectivity index (χ3n) is 5.52. The average molecular weight is 385 g/mol. The van der Waals surface area contributed by atoms with E-state index in [0.717, 1.165) is 29.6 Å². The normalized spacial score (nSPS) is 19.5. The Labute approximate surface area is 164 Å². The van der Waals surface area contributed by atoms with Crippen molar-refractivity contribution >= 4 is 11.6 Å². The number of rotatable bonds is 6. The summed E-state index contributed by atoms with van der Waals surface area (Å²) in [6.45, 7) is 6.38. The molecular formula is C21H29N4O3+. The number of carbonyl (C=O) groups is 1. The summed E-state index contributed by atoms with van der Waals surface area (Å²) < 4.78 is 2.43. The molecule has 0 radical (unpaired) electrons. The summed E-state index contributed by atoms with van der Waals surface area (Å²) in [4.78, 5) is 39.8. The number of anilines is 1. The maximum atomic E-state index is 13.0. The van der Waals surface area contributed by atoms with Crippen LogP contribution in [0.2, 0.25) is 0 Å². The van der Waals surface area contributed by atoms with Gasteiger partial charge in [-0.15, -0.1) is 0 Å². The summed E-state index contributed by atoms with van der Waals surface area (Å²) in [5, 5.41) is 0. The van der Waals surface area contributed by atoms with Crippen LogP contribution in [0.3, 0.4) is 0 Å². The van der Waals surface area contributed by atoms with Crippen LogP contribution < -0.4 is 21.9 Å². The van der Waals surface area contributed by atoms with Gasteiger partial charge in [0.15, 0.2) is 0 Å². The van der Waals surface area contributed by atoms with Gasteiger partial charge in [0.1, 0.15) is 17.9 Å². The van der Waals surface area contributed by atoms with Gasteiger partial charge in [0.2, 0.25) is 5.78 Å². The summed E-state index contributed by atoms with van der Waals surface area (Å²) in [6.07, 6.45) is 2.25. The minimum atomic E-state index is -0.580. The van der Waals surface area contributed by atoms with Crippen molar-refractivity contribution in [2.24, 2.45) is 5.92 Å². The van der Waals surface area contributed by atoms with Crippen LogP contribution >= 0.6 is 0 Å². The first-order valence-electron chi connectivity index (χ1n) is 9.96. The van der Waals surface area contributed by atoms with Crippen molar-refractivity contribution in [3.63, 3.8) is 0 Å². The number of nitrogens with zero attached hydrogens (tertiary/aromatic N) is 2. The predicted octanol–water partition coefficient (Wildman–Crippen LogP) is 0.158. The fraction of sp³-hybridized carbons (Fsp3) is 0.476. The fourth-order valence-electron chi connectivity index (χ4n) is 4.05. The van der Waals surface area contributed by atoms with Gasteiger partial charge in [0, 0.05) is 12.5 Å². The van der Waals surface area contributed by atoms with Gasteiger partial charge in [-0.2, -0.15) is 0 Å². The number of hydrogen-bond donors (Lipinski definition) is 2. The summed E-state index contributed by atoms with van der Waals surface area (Å²) in [5.41, 5.74) is 5.98. The first kappa shape index (κ1) is 20.1. The zero-order valence-electron chi connectivity index (χ0n) is 16.6. The molecule has 28 heavy (non-hydrogen) atoms. The second-order valence-corrected chi connectivity index (χ2v) is 7.72. The van der Waals surface area contributed by atoms with Crippen molar-refractivity contribution in [3.8, 4) is 0 Å². The Kier molecular flexibility index (Phi) is 6.14. The molecule has 7 nitrogen and oxygen atoms in total. The van der Waals surface area contributed by atoms with E-state index in [1.807, 2.05) is 30.3 Å². The number of benzene rings is 1. The van der Waals surface area contributed by atoms with Crippen LogP contribution in [-0.4, -0.2) is 34.6 Å². The molecule has 0 amide bonds. The predicted molar refractivity (Wildman–Crippen MR) is 109 cm³/mol. The molecule has 3 N–H and O–H groups in total. The molecule has 1 aliphatic rings. The highest BCUT2D eigenvalue weighted by Gasteiger charge is 2.27. The SMILES string of the molecule is CCn1c(=O)c(C(=O)C[NH+]2CCC[C@H](C)C2)c(N)n(Cc2ccccc2)c1=O. The molecule has 1 fully saturated rings. The number of carbonyl (C=O) groups excluding carboxylic acids is 1. The Hall–Kier alpha value is -2.67. The van der Waals surface area contributed by atoms with Crippen molar-refractivity contribution in [2.45, 2.75) is 39.8 Å². The van der Waals surface area contributed by atoms with Gasteiger partial charge in [-0.25, -0.2) is 4.79 Å². The van der Waals surface area contributed by atoms with E-state index >= 15 is 0 Å². The summed E-state index contributed by atoms with van der Waals surface area (Å²) in [6, 6.07) is 9.40. The van der Waals surface area contributed by atoms with Crippen LogP contribution in [0.4, 0.5) is 5.82 Å². The van der Waals surface area contributed by atoms with Crippen molar-refractivity contribution in [1.29, 1.82) is 0 Å². The number of aromatic nitrogens is 2. The molecule has 1 aromatic carbocycles. The molecule has 2 heterocycles. The molecule has 150 valence electrons. The van der Waals surface area contributed by atoms with E-state index in [-0.39, 0.29) is 36.8 Å². The number of quaternary nitrogens is 1. The highest BCUT2D eigenvalue weighted by Crippen LogP contribution is 2.10. The molecule has 0 aliphatic carbocycles. The molecule has 3 rings (SSSR count). The highest BCUT2D eigenvalue weighted by molar-refractivity contribution is 6.00. The van der Waals surface area contributed by atoms with Gasteiger partial charge in [-0.05, 0) is 25.3 Å². The zero-order valence-corrected chi connectivity index (χ0v) is 16.6. The third-order valence-corrected chi connectivity index (χ3v) is 5.52. The minimum Gasteiger partial charge on any atom is -0.384 e. The summed E-state index contributed by atoms with van der Waals surface area (Å²) in [5.74, 6) is 0.252. The van der Waals surface area contributed by atoms with Gasteiger partial charge in [0.05, 0.1) is 19.6 Å². The second kappa shape index (κ2) is 8.56. The molecule has 1 unspecified atom stereocenters. The molecule has 0 spiro atoms. The van der Waals surface area contributed by atoms with Gasteiger partial charge in [-0.1, -0.05) is 37.3 Å². The number of likely N-dealkylation sites (tertiary alicyclic amines) is 1. The number of piperidine rings is 1. The lowest BCUT2D eigenvalue weighted by molar-refractivity contribution is -0.900. The van der Waals surface area contributed by atoms with E-state index in [2.05, 4.69) is 6.92 Å². The van der Waals surface area contributed by atoms with E-state index in [0.29, 0.717) is 5.92 Å². The molecular weight excluding hydrogens is 356 g/mol. The van der Waals surface area contributed by atoms with E-state index in [1.54, 1.807) is 6.92 Å². The lowest BCUT2D eigenvalue weighted by atomic mass is 10.00. The van der Waals surface area contributed by atoms with Crippen LogP contribution in [-0.2, 0) is 13.1 Å². The molecule has 7 heteroatoms. The minimum absolute atomic E-state index is 0.0296. The quantitative estimate of drug-likeness (QED) is 0.693. The number of hydrogen-bond acceptors (Lipinski definition) is 4. The first-order valence-corrected chi connectivity index (χ1v) is 9.96. The van der Waals surface area contributed by atoms with Crippen molar-refractivity contribution in [2.75, 3.05) is 25.4 Å². The van der Waals surface area contributed by atoms with E-state index in [4.69, 9.17) is 5.73 Å². The third kappa shape index (κ3) is 4.09. The summed E-state index contributed by atoms with van der Waals surface area (Å²) in [7, 11) is 0. The Bertz CT molecular complexity index is 962. The maximum Gasteiger partial charge on any atom is 0.332 e. The van der Waals surface area contributed by atoms with Crippen LogP contribution in [0.15, 0.2) is 39.9 Å². The van der Waals surface area contributed by atoms with Crippen molar-refractivity contribution in [3.05, 3.63) is 62.3 Å². The van der Waals surface area contributed by atoms with Gasteiger partial charge >= 0.3 is 5.69 Å². The highest BCUT2D eigenvalue weighted by atomic mass is 16.2. The largest absolute Gasteiger partial charge is 0.384 e. The fourth-order valence-corrected chi connectivity index (χ4v) is 4.05. The van der Waals surface area contributed by atoms with Crippen LogP contribution in [0.1, 0.15) is 42.6 Å². The Morgan fingerprint density at radius 3 is 2.57 bits per heavy atom. The van der Waals surface area contributed by atoms with Crippen molar-refractivity contribution in [1.82, 2.24) is 9.13 Å². The van der Waals surface area contributed by atoms with E-state index in [9.17, 15) is 14.4 Å². The number of nitrogens with two attached hydrogens (primary N) is 1. The molecule has 0 bridgehead atoms. The van der Waals surface area contributed by atoms with Crippen molar-refractivity contribution < 1.29 is 9.69 Å².